The molecule has 0 spiro atoms. The van der Waals surface area contributed by atoms with Crippen LogP contribution in [0.25, 0.3) is 0 Å². The van der Waals surface area contributed by atoms with Crippen LogP contribution in [0.5, 0.6) is 0 Å². The third-order valence-electron chi connectivity index (χ3n) is 4.26. The Balaban J connectivity index is 0.00000648. The van der Waals surface area contributed by atoms with Gasteiger partial charge < -0.3 is 34.6 Å². The second-order valence-corrected chi connectivity index (χ2v) is 10.1. The van der Waals surface area contributed by atoms with Crippen LogP contribution in [-0.4, -0.2) is 151 Å². The van der Waals surface area contributed by atoms with Gasteiger partial charge in [0, 0.05) is 29.6 Å². The molecule has 24 heteroatoms. The van der Waals surface area contributed by atoms with Crippen LogP contribution < -0.4 is 4.72 Å². The minimum absolute atomic E-state index is 0. The summed E-state index contributed by atoms with van der Waals surface area (Å²) in [7, 11) is -15.7. The van der Waals surface area contributed by atoms with Gasteiger partial charge in [-0.2, -0.15) is 30.0 Å². The molecule has 205 valence electrons. The molecule has 2 aliphatic heterocycles. The van der Waals surface area contributed by atoms with Crippen LogP contribution in [0.4, 0.5) is 0 Å². The van der Waals surface area contributed by atoms with Crippen LogP contribution in [0.2, 0.25) is 0 Å². The topological polar surface area (TPSA) is 319 Å². The number of hydrogen-bond donors (Lipinski definition) is 8. The quantitative estimate of drug-likeness (QED) is 0.0856. The van der Waals surface area contributed by atoms with E-state index in [0.29, 0.717) is 6.08 Å². The van der Waals surface area contributed by atoms with Crippen molar-refractivity contribution in [3.8, 4) is 0 Å². The minimum Gasteiger partial charge on any atom is -0.475 e. The minimum atomic E-state index is -5.36. The molecule has 1 saturated heterocycles. The van der Waals surface area contributed by atoms with E-state index in [0.717, 1.165) is 0 Å². The molecule has 2 heterocycles. The van der Waals surface area contributed by atoms with Crippen LogP contribution in [0.3, 0.4) is 0 Å². The van der Waals surface area contributed by atoms with Gasteiger partial charge in [-0.05, 0) is 6.08 Å². The van der Waals surface area contributed by atoms with E-state index >= 15 is 0 Å². The first kappa shape index (κ1) is 33.4. The van der Waals surface area contributed by atoms with Gasteiger partial charge in [-0.3, -0.25) is 13.7 Å². The first-order valence-corrected chi connectivity index (χ1v) is 12.9. The number of nitrogens with one attached hydrogen (secondary N) is 1. The predicted octanol–water partition coefficient (Wildman–Crippen LogP) is -5.48. The van der Waals surface area contributed by atoms with Crippen LogP contribution in [0.1, 0.15) is 0 Å². The summed E-state index contributed by atoms with van der Waals surface area (Å²) in [5, 5.41) is 39.6. The molecule has 8 atom stereocenters. The molecular weight excluding hydrogens is 581 g/mol. The molecule has 2 aliphatic rings. The summed E-state index contributed by atoms with van der Waals surface area (Å²) in [5.41, 5.74) is 0. The number of rotatable bonds is 10. The average molecular weight is 600 g/mol. The maximum atomic E-state index is 11.2. The molecule has 0 aromatic carbocycles. The molecule has 0 aliphatic carbocycles. The Hall–Kier alpha value is -0.580. The van der Waals surface area contributed by atoms with Gasteiger partial charge in [0.05, 0.1) is 6.61 Å². The zero-order chi connectivity index (χ0) is 26.9. The van der Waals surface area contributed by atoms with Crippen molar-refractivity contribution in [2.45, 2.75) is 49.1 Å². The molecule has 20 nitrogen and oxygen atoms in total. The zero-order valence-corrected chi connectivity index (χ0v) is 22.1. The van der Waals surface area contributed by atoms with Gasteiger partial charge in [-0.25, -0.2) is 13.2 Å². The van der Waals surface area contributed by atoms with Gasteiger partial charge >= 0.3 is 37.1 Å². The van der Waals surface area contributed by atoms with Crippen molar-refractivity contribution in [1.29, 1.82) is 0 Å². The summed E-state index contributed by atoms with van der Waals surface area (Å²) in [6, 6.07) is -2.15. The van der Waals surface area contributed by atoms with Crippen molar-refractivity contribution >= 4 is 66.6 Å². The number of carbonyl (C=O) groups is 1. The fourth-order valence-electron chi connectivity index (χ4n) is 2.96. The monoisotopic (exact) mass is 600 g/mol. The van der Waals surface area contributed by atoms with Gasteiger partial charge in [0.1, 0.15) is 30.5 Å². The van der Waals surface area contributed by atoms with Gasteiger partial charge in [0.15, 0.2) is 12.4 Å². The summed E-state index contributed by atoms with van der Waals surface area (Å²) < 4.78 is 117. The SMILES string of the molecule is O=C(O)C1=CC(O)C(OS(=O)(=O)O)C(OC2C(COS(=O)(=O)O)OC(O)C(NS(=O)(=O)O)C2O)O1.[Na]. The van der Waals surface area contributed by atoms with E-state index in [9.17, 15) is 45.4 Å². The van der Waals surface area contributed by atoms with Crippen LogP contribution >= 0.6 is 0 Å². The summed E-state index contributed by atoms with van der Waals surface area (Å²) in [6.45, 7) is -1.25. The smallest absolute Gasteiger partial charge is 0.397 e. The Morgan fingerprint density at radius 3 is 2.06 bits per heavy atom. The Labute approximate surface area is 224 Å². The number of aliphatic carboxylic acids is 1. The molecule has 36 heavy (non-hydrogen) atoms. The number of hydrogen-bond acceptors (Lipinski definition) is 15. The number of carboxylic acids is 1. The largest absolute Gasteiger partial charge is 0.475 e. The van der Waals surface area contributed by atoms with Gasteiger partial charge in [0.2, 0.25) is 12.0 Å². The fraction of sp³-hybridized carbons (Fsp3) is 0.750. The van der Waals surface area contributed by atoms with Crippen LogP contribution in [-0.2, 0) is 58.5 Å². The van der Waals surface area contributed by atoms with E-state index in [4.69, 9.17) is 33.0 Å². The Morgan fingerprint density at radius 2 is 1.58 bits per heavy atom. The number of aliphatic hydroxyl groups is 3. The maximum Gasteiger partial charge on any atom is 0.397 e. The van der Waals surface area contributed by atoms with E-state index in [1.165, 1.54) is 4.72 Å². The average Bonchev–Trinajstić information content (AvgIpc) is 2.65. The Bertz CT molecular complexity index is 1140. The van der Waals surface area contributed by atoms with Crippen LogP contribution in [0.15, 0.2) is 11.8 Å². The zero-order valence-electron chi connectivity index (χ0n) is 17.7. The first-order chi connectivity index (χ1) is 15.8. The molecule has 1 fully saturated rings. The fourth-order valence-corrected chi connectivity index (χ4v) is 4.35. The molecular formula is C12H19NNaO19S3. The van der Waals surface area contributed by atoms with E-state index in [1.54, 1.807) is 0 Å². The molecule has 8 unspecified atom stereocenters. The van der Waals surface area contributed by atoms with Crippen molar-refractivity contribution in [2.24, 2.45) is 0 Å². The molecule has 8 N–H and O–H groups in total. The number of aliphatic hydroxyl groups excluding tert-OH is 3. The first-order valence-electron chi connectivity index (χ1n) is 8.76. The summed E-state index contributed by atoms with van der Waals surface area (Å²) in [4.78, 5) is 11.2. The van der Waals surface area contributed by atoms with Crippen molar-refractivity contribution < 1.29 is 86.7 Å². The molecule has 0 amide bonds. The second-order valence-electron chi connectivity index (χ2n) is 6.79. The Morgan fingerprint density at radius 1 is 1.00 bits per heavy atom. The Kier molecular flexibility index (Phi) is 11.6. The third kappa shape index (κ3) is 9.95. The van der Waals surface area contributed by atoms with Crippen molar-refractivity contribution in [1.82, 2.24) is 4.72 Å². The molecule has 1 radical (unpaired) electrons. The van der Waals surface area contributed by atoms with Crippen LogP contribution in [0, 0.1) is 0 Å². The number of ether oxygens (including phenoxy) is 3. The predicted molar refractivity (Wildman–Crippen MR) is 107 cm³/mol. The molecule has 0 aromatic rings. The van der Waals surface area contributed by atoms with Crippen molar-refractivity contribution in [3.63, 3.8) is 0 Å². The summed E-state index contributed by atoms with van der Waals surface area (Å²) in [5.74, 6) is -2.88. The van der Waals surface area contributed by atoms with Crippen molar-refractivity contribution in [3.05, 3.63) is 11.8 Å². The molecule has 0 saturated carbocycles. The normalized spacial score (nSPS) is 33.7. The summed E-state index contributed by atoms with van der Waals surface area (Å²) >= 11 is 0. The van der Waals surface area contributed by atoms with E-state index in [2.05, 4.69) is 8.37 Å². The van der Waals surface area contributed by atoms with Crippen molar-refractivity contribution in [2.75, 3.05) is 6.61 Å². The number of carboxylic acid groups (broad SMARTS) is 1. The van der Waals surface area contributed by atoms with Gasteiger partial charge in [-0.1, -0.05) is 0 Å². The maximum absolute atomic E-state index is 11.2. The molecule has 0 aromatic heterocycles. The van der Waals surface area contributed by atoms with Gasteiger partial charge in [0.25, 0.3) is 0 Å². The standard InChI is InChI=1S/C12H19NO19S3.Na/c14-3-1-4(10(16)17)30-12(8(3)32-35(25,26)27)31-9-5(2-28-34(22,23)24)29-11(18)6(7(9)15)13-33(19,20)21;/h1,3,5-9,11-15,18H,2H2,(H,16,17)(H,19,20,21)(H,22,23,24)(H,25,26,27);. The third-order valence-corrected chi connectivity index (χ3v) is 5.73. The van der Waals surface area contributed by atoms with Gasteiger partial charge in [-0.15, -0.1) is 0 Å². The summed E-state index contributed by atoms with van der Waals surface area (Å²) in [6.07, 6.45) is -15.1. The van der Waals surface area contributed by atoms with E-state index in [-0.39, 0.29) is 29.6 Å². The molecule has 2 rings (SSSR count). The second kappa shape index (κ2) is 12.5. The van der Waals surface area contributed by atoms with E-state index < -0.39 is 98.6 Å². The van der Waals surface area contributed by atoms with E-state index in [1.807, 2.05) is 0 Å². The molecule has 0 bridgehead atoms.